The van der Waals surface area contributed by atoms with Gasteiger partial charge in [0.1, 0.15) is 24.4 Å². The number of carbonyl (C=O) groups is 1. The highest BCUT2D eigenvalue weighted by Crippen LogP contribution is 2.23. The number of ether oxygens (including phenoxy) is 2. The van der Waals surface area contributed by atoms with Crippen LogP contribution in [0.4, 0.5) is 0 Å². The third-order valence-electron chi connectivity index (χ3n) is 8.37. The van der Waals surface area contributed by atoms with Gasteiger partial charge < -0.3 is 40.3 Å². The number of hydrogen-bond donors (Lipinski definition) is 6. The predicted molar refractivity (Wildman–Crippen MR) is 170 cm³/mol. The van der Waals surface area contributed by atoms with E-state index in [-0.39, 0.29) is 12.5 Å². The molecule has 254 valence electrons. The summed E-state index contributed by atoms with van der Waals surface area (Å²) in [4.78, 5) is 12.7. The van der Waals surface area contributed by atoms with E-state index in [9.17, 15) is 30.3 Å². The molecule has 9 nitrogen and oxygen atoms in total. The van der Waals surface area contributed by atoms with Gasteiger partial charge in [0, 0.05) is 6.42 Å². The normalized spacial score (nSPS) is 23.9. The average Bonchev–Trinajstić information content (AvgIpc) is 3.00. The Balaban J connectivity index is 2.50. The van der Waals surface area contributed by atoms with E-state index in [0.717, 1.165) is 32.1 Å². The molecule has 6 N–H and O–H groups in total. The Kier molecular flexibility index (Phi) is 24.3. The predicted octanol–water partition coefficient (Wildman–Crippen LogP) is 5.05. The van der Waals surface area contributed by atoms with Gasteiger partial charge in [-0.3, -0.25) is 4.79 Å². The minimum atomic E-state index is -1.55. The molecule has 1 fully saturated rings. The lowest BCUT2D eigenvalue weighted by atomic mass is 9.99. The minimum absolute atomic E-state index is 0.148. The van der Waals surface area contributed by atoms with E-state index in [1.165, 1.54) is 77.0 Å². The first-order chi connectivity index (χ1) is 20.8. The summed E-state index contributed by atoms with van der Waals surface area (Å²) in [6.07, 6.45) is 18.1. The van der Waals surface area contributed by atoms with Gasteiger partial charge in [0.15, 0.2) is 6.29 Å². The molecule has 1 saturated heterocycles. The third kappa shape index (κ3) is 18.5. The van der Waals surface area contributed by atoms with E-state index in [0.29, 0.717) is 19.3 Å². The van der Waals surface area contributed by atoms with E-state index in [2.05, 4.69) is 31.3 Å². The van der Waals surface area contributed by atoms with Crippen molar-refractivity contribution in [1.82, 2.24) is 5.32 Å². The second kappa shape index (κ2) is 26.2. The van der Waals surface area contributed by atoms with Crippen LogP contribution in [0.15, 0.2) is 12.2 Å². The summed E-state index contributed by atoms with van der Waals surface area (Å²) >= 11 is 0. The van der Waals surface area contributed by atoms with Crippen LogP contribution >= 0.6 is 0 Å². The zero-order valence-corrected chi connectivity index (χ0v) is 27.2. The van der Waals surface area contributed by atoms with Crippen molar-refractivity contribution in [2.45, 2.75) is 185 Å². The standard InChI is InChI=1S/C34H65NO8/c1-3-5-7-9-11-13-14-16-17-19-21-23-28(37)27(26-42-34-33(41)32(40)31(39)29(25-36)43-34)35-30(38)24-22-20-18-15-12-10-8-6-4-2/h15,18,27-29,31-34,36-37,39-41H,3-14,16-17,19-26H2,1-2H3,(H,35,38)/b18-15-. The number of nitrogens with one attached hydrogen (secondary N) is 1. The minimum Gasteiger partial charge on any atom is -0.394 e. The first-order valence-electron chi connectivity index (χ1n) is 17.4. The molecule has 0 aromatic heterocycles. The van der Waals surface area contributed by atoms with Crippen LogP contribution < -0.4 is 5.32 Å². The SMILES string of the molecule is CCCCCC/C=C\CCCC(=O)NC(COC1OC(CO)C(O)C(O)C1O)C(O)CCCCCCCCCCCCC. The van der Waals surface area contributed by atoms with Crippen molar-refractivity contribution >= 4 is 5.91 Å². The largest absolute Gasteiger partial charge is 0.394 e. The number of amides is 1. The zero-order valence-electron chi connectivity index (χ0n) is 27.2. The van der Waals surface area contributed by atoms with Gasteiger partial charge in [0.2, 0.25) is 5.91 Å². The highest BCUT2D eigenvalue weighted by atomic mass is 16.7. The van der Waals surface area contributed by atoms with Crippen LogP contribution in [0, 0.1) is 0 Å². The Hall–Kier alpha value is -1.07. The van der Waals surface area contributed by atoms with Crippen molar-refractivity contribution in [2.24, 2.45) is 0 Å². The van der Waals surface area contributed by atoms with E-state index in [1.807, 2.05) is 0 Å². The number of hydrogen-bond acceptors (Lipinski definition) is 8. The Morgan fingerprint density at radius 2 is 1.30 bits per heavy atom. The van der Waals surface area contributed by atoms with Gasteiger partial charge in [-0.2, -0.15) is 0 Å². The highest BCUT2D eigenvalue weighted by Gasteiger charge is 2.44. The fourth-order valence-electron chi connectivity index (χ4n) is 5.46. The van der Waals surface area contributed by atoms with E-state index in [4.69, 9.17) is 9.47 Å². The molecule has 43 heavy (non-hydrogen) atoms. The second-order valence-electron chi connectivity index (χ2n) is 12.3. The summed E-state index contributed by atoms with van der Waals surface area (Å²) in [5.74, 6) is -0.184. The van der Waals surface area contributed by atoms with Crippen molar-refractivity contribution in [1.29, 1.82) is 0 Å². The summed E-state index contributed by atoms with van der Waals surface area (Å²) in [7, 11) is 0. The molecule has 7 unspecified atom stereocenters. The first kappa shape index (κ1) is 40.0. The Morgan fingerprint density at radius 1 is 0.767 bits per heavy atom. The van der Waals surface area contributed by atoms with Crippen LogP contribution in [0.1, 0.15) is 142 Å². The molecule has 0 radical (unpaired) electrons. The average molecular weight is 616 g/mol. The molecule has 1 aliphatic rings. The van der Waals surface area contributed by atoms with Crippen molar-refractivity contribution in [3.8, 4) is 0 Å². The summed E-state index contributed by atoms with van der Waals surface area (Å²) in [6, 6.07) is -0.725. The summed E-state index contributed by atoms with van der Waals surface area (Å²) < 4.78 is 11.1. The van der Waals surface area contributed by atoms with Crippen molar-refractivity contribution in [3.05, 3.63) is 12.2 Å². The molecule has 0 aromatic carbocycles. The van der Waals surface area contributed by atoms with Crippen molar-refractivity contribution in [3.63, 3.8) is 0 Å². The van der Waals surface area contributed by atoms with Gasteiger partial charge in [0.25, 0.3) is 0 Å². The van der Waals surface area contributed by atoms with Crippen LogP contribution in [-0.4, -0.2) is 87.5 Å². The molecule has 1 rings (SSSR count). The monoisotopic (exact) mass is 615 g/mol. The van der Waals surface area contributed by atoms with Gasteiger partial charge in [-0.1, -0.05) is 116 Å². The quantitative estimate of drug-likeness (QED) is 0.0556. The molecule has 0 aliphatic carbocycles. The highest BCUT2D eigenvalue weighted by molar-refractivity contribution is 5.76. The van der Waals surface area contributed by atoms with Crippen LogP contribution in [0.3, 0.4) is 0 Å². The third-order valence-corrected chi connectivity index (χ3v) is 8.37. The number of aliphatic hydroxyl groups is 5. The first-order valence-corrected chi connectivity index (χ1v) is 17.4. The topological polar surface area (TPSA) is 149 Å². The number of unbranched alkanes of at least 4 members (excludes halogenated alkanes) is 15. The van der Waals surface area contributed by atoms with Gasteiger partial charge in [0.05, 0.1) is 25.4 Å². The number of carbonyl (C=O) groups excluding carboxylic acids is 1. The maximum absolute atomic E-state index is 12.7. The maximum atomic E-state index is 12.7. The van der Waals surface area contributed by atoms with Crippen LogP contribution in [0.25, 0.3) is 0 Å². The number of aliphatic hydroxyl groups excluding tert-OH is 5. The molecular weight excluding hydrogens is 550 g/mol. The Morgan fingerprint density at radius 3 is 1.88 bits per heavy atom. The second-order valence-corrected chi connectivity index (χ2v) is 12.3. The molecule has 9 heteroatoms. The Labute approximate surface area is 261 Å². The van der Waals surface area contributed by atoms with Crippen molar-refractivity contribution in [2.75, 3.05) is 13.2 Å². The summed E-state index contributed by atoms with van der Waals surface area (Å²) in [5, 5.41) is 53.7. The van der Waals surface area contributed by atoms with Gasteiger partial charge in [-0.15, -0.1) is 0 Å². The lowest BCUT2D eigenvalue weighted by Gasteiger charge is -2.40. The molecule has 0 saturated carbocycles. The molecular formula is C34H65NO8. The molecule has 1 amide bonds. The molecule has 1 aliphatic heterocycles. The molecule has 1 heterocycles. The number of rotatable bonds is 27. The van der Waals surface area contributed by atoms with E-state index >= 15 is 0 Å². The fraction of sp³-hybridized carbons (Fsp3) is 0.912. The van der Waals surface area contributed by atoms with Crippen LogP contribution in [0.5, 0.6) is 0 Å². The molecule has 0 aromatic rings. The maximum Gasteiger partial charge on any atom is 0.220 e. The Bertz CT molecular complexity index is 691. The molecule has 0 bridgehead atoms. The van der Waals surface area contributed by atoms with Gasteiger partial charge in [-0.25, -0.2) is 0 Å². The lowest BCUT2D eigenvalue weighted by molar-refractivity contribution is -0.302. The molecule has 0 spiro atoms. The van der Waals surface area contributed by atoms with E-state index < -0.39 is 49.5 Å². The molecule has 7 atom stereocenters. The van der Waals surface area contributed by atoms with E-state index in [1.54, 1.807) is 0 Å². The smallest absolute Gasteiger partial charge is 0.220 e. The summed E-state index contributed by atoms with van der Waals surface area (Å²) in [5.41, 5.74) is 0. The van der Waals surface area contributed by atoms with Crippen LogP contribution in [0.2, 0.25) is 0 Å². The van der Waals surface area contributed by atoms with Crippen molar-refractivity contribution < 1.29 is 39.8 Å². The zero-order chi connectivity index (χ0) is 31.7. The fourth-order valence-corrected chi connectivity index (χ4v) is 5.46. The number of allylic oxidation sites excluding steroid dienone is 2. The van der Waals surface area contributed by atoms with Gasteiger partial charge >= 0.3 is 0 Å². The van der Waals surface area contributed by atoms with Crippen LogP contribution in [-0.2, 0) is 14.3 Å². The summed E-state index contributed by atoms with van der Waals surface area (Å²) in [6.45, 7) is 3.73. The lowest BCUT2D eigenvalue weighted by Crippen LogP contribution is -2.60. The van der Waals surface area contributed by atoms with Gasteiger partial charge in [-0.05, 0) is 32.1 Å².